The van der Waals surface area contributed by atoms with Gasteiger partial charge in [-0.25, -0.2) is 0 Å². The van der Waals surface area contributed by atoms with Crippen molar-refractivity contribution < 1.29 is 4.74 Å². The van der Waals surface area contributed by atoms with Crippen molar-refractivity contribution >= 4 is 27.8 Å². The summed E-state index contributed by atoms with van der Waals surface area (Å²) in [5.41, 5.74) is 2.01. The van der Waals surface area contributed by atoms with Gasteiger partial charge in [-0.1, -0.05) is 42.1 Å². The molecule has 0 N–H and O–H groups in total. The number of aliphatic imine (C=N–C) groups is 1. The van der Waals surface area contributed by atoms with E-state index in [-0.39, 0.29) is 0 Å². The number of rotatable bonds is 8. The summed E-state index contributed by atoms with van der Waals surface area (Å²) in [7, 11) is 0. The lowest BCUT2D eigenvalue weighted by Gasteiger charge is -2.05. The highest BCUT2D eigenvalue weighted by molar-refractivity contribution is 9.10. The molecule has 0 fully saturated rings. The zero-order chi connectivity index (χ0) is 15.6. The first-order chi connectivity index (χ1) is 10.8. The Kier molecular flexibility index (Phi) is 7.17. The normalized spacial score (nSPS) is 11.0. The van der Waals surface area contributed by atoms with Crippen molar-refractivity contribution in [2.75, 3.05) is 6.61 Å². The molecule has 0 aliphatic heterocycles. The van der Waals surface area contributed by atoms with Crippen molar-refractivity contribution in [1.29, 1.82) is 0 Å². The van der Waals surface area contributed by atoms with Crippen LogP contribution < -0.4 is 4.74 Å². The molecule has 2 nitrogen and oxygen atoms in total. The molecule has 0 aromatic heterocycles. The average Bonchev–Trinajstić information content (AvgIpc) is 2.55. The molecular weight excluding hydrogens is 338 g/mol. The first-order valence-electron chi connectivity index (χ1n) is 7.80. The smallest absolute Gasteiger partial charge is 0.119 e. The first kappa shape index (κ1) is 16.8. The topological polar surface area (TPSA) is 21.6 Å². The van der Waals surface area contributed by atoms with E-state index in [2.05, 4.69) is 27.8 Å². The third-order valence-electron chi connectivity index (χ3n) is 3.34. The largest absolute Gasteiger partial charge is 0.494 e. The van der Waals surface area contributed by atoms with Gasteiger partial charge >= 0.3 is 0 Å². The molecule has 0 heterocycles. The number of benzene rings is 2. The summed E-state index contributed by atoms with van der Waals surface area (Å²) in [4.78, 5) is 4.46. The van der Waals surface area contributed by atoms with Gasteiger partial charge in [-0.05, 0) is 60.5 Å². The maximum absolute atomic E-state index is 5.73. The third kappa shape index (κ3) is 6.02. The van der Waals surface area contributed by atoms with Crippen LogP contribution in [0.1, 0.15) is 38.2 Å². The highest BCUT2D eigenvalue weighted by Gasteiger charge is 1.95. The number of hydrogen-bond acceptors (Lipinski definition) is 2. The standard InChI is InChI=1S/C19H22BrNO/c1-2-3-4-5-14-22-19-12-6-16(7-13-19)15-21-18-10-8-17(20)9-11-18/h6-13,15H,2-5,14H2,1H3. The quantitative estimate of drug-likeness (QED) is 0.408. The number of nitrogens with zero attached hydrogens (tertiary/aromatic N) is 1. The van der Waals surface area contributed by atoms with Crippen molar-refractivity contribution in [3.05, 3.63) is 58.6 Å². The summed E-state index contributed by atoms with van der Waals surface area (Å²) in [6.07, 6.45) is 6.78. The van der Waals surface area contributed by atoms with Gasteiger partial charge in [0.1, 0.15) is 5.75 Å². The van der Waals surface area contributed by atoms with Crippen LogP contribution in [0, 0.1) is 0 Å². The van der Waals surface area contributed by atoms with Gasteiger partial charge in [0.25, 0.3) is 0 Å². The molecular formula is C19H22BrNO. The molecule has 116 valence electrons. The Bertz CT molecular complexity index is 575. The van der Waals surface area contributed by atoms with Crippen LogP contribution >= 0.6 is 15.9 Å². The molecule has 0 radical (unpaired) electrons. The summed E-state index contributed by atoms with van der Waals surface area (Å²) in [6.45, 7) is 3.02. The van der Waals surface area contributed by atoms with E-state index in [4.69, 9.17) is 4.74 Å². The Morgan fingerprint density at radius 1 is 0.955 bits per heavy atom. The maximum atomic E-state index is 5.73. The minimum Gasteiger partial charge on any atom is -0.494 e. The lowest BCUT2D eigenvalue weighted by atomic mass is 10.2. The van der Waals surface area contributed by atoms with Gasteiger partial charge in [0.05, 0.1) is 12.3 Å². The van der Waals surface area contributed by atoms with E-state index in [0.717, 1.165) is 34.5 Å². The van der Waals surface area contributed by atoms with E-state index in [1.165, 1.54) is 19.3 Å². The molecule has 0 bridgehead atoms. The number of unbranched alkanes of at least 4 members (excludes halogenated alkanes) is 3. The molecule has 2 rings (SSSR count). The van der Waals surface area contributed by atoms with Gasteiger partial charge in [-0.15, -0.1) is 0 Å². The van der Waals surface area contributed by atoms with Crippen LogP contribution in [0.5, 0.6) is 5.75 Å². The monoisotopic (exact) mass is 359 g/mol. The molecule has 0 aliphatic carbocycles. The zero-order valence-electron chi connectivity index (χ0n) is 13.0. The van der Waals surface area contributed by atoms with E-state index in [1.807, 2.05) is 54.7 Å². The summed E-state index contributed by atoms with van der Waals surface area (Å²) < 4.78 is 6.80. The maximum Gasteiger partial charge on any atom is 0.119 e. The Morgan fingerprint density at radius 3 is 2.36 bits per heavy atom. The predicted octanol–water partition coefficient (Wildman–Crippen LogP) is 6.16. The van der Waals surface area contributed by atoms with Crippen LogP contribution in [0.25, 0.3) is 0 Å². The fourth-order valence-corrected chi connectivity index (χ4v) is 2.31. The molecule has 0 spiro atoms. The Morgan fingerprint density at radius 2 is 1.68 bits per heavy atom. The number of hydrogen-bond donors (Lipinski definition) is 0. The SMILES string of the molecule is CCCCCCOc1ccc(C=Nc2ccc(Br)cc2)cc1. The van der Waals surface area contributed by atoms with E-state index >= 15 is 0 Å². The minimum atomic E-state index is 0.798. The molecule has 0 saturated heterocycles. The van der Waals surface area contributed by atoms with Crippen LogP contribution in [0.3, 0.4) is 0 Å². The van der Waals surface area contributed by atoms with Gasteiger partial charge in [-0.3, -0.25) is 4.99 Å². The highest BCUT2D eigenvalue weighted by Crippen LogP contribution is 2.17. The molecule has 0 saturated carbocycles. The summed E-state index contributed by atoms with van der Waals surface area (Å²) in [6, 6.07) is 16.0. The minimum absolute atomic E-state index is 0.798. The second-order valence-corrected chi connectivity index (χ2v) is 6.13. The molecule has 0 aliphatic rings. The highest BCUT2D eigenvalue weighted by atomic mass is 79.9. The van der Waals surface area contributed by atoms with Crippen LogP contribution in [0.15, 0.2) is 58.0 Å². The summed E-state index contributed by atoms with van der Waals surface area (Å²) in [5, 5.41) is 0. The second kappa shape index (κ2) is 9.42. The fourth-order valence-electron chi connectivity index (χ4n) is 2.05. The zero-order valence-corrected chi connectivity index (χ0v) is 14.6. The molecule has 3 heteroatoms. The van der Waals surface area contributed by atoms with Crippen LogP contribution in [-0.4, -0.2) is 12.8 Å². The summed E-state index contributed by atoms with van der Waals surface area (Å²) >= 11 is 3.42. The van der Waals surface area contributed by atoms with Crippen LogP contribution in [0.2, 0.25) is 0 Å². The van der Waals surface area contributed by atoms with Crippen molar-refractivity contribution in [3.8, 4) is 5.75 Å². The molecule has 22 heavy (non-hydrogen) atoms. The van der Waals surface area contributed by atoms with E-state index in [9.17, 15) is 0 Å². The molecule has 0 atom stereocenters. The van der Waals surface area contributed by atoms with E-state index < -0.39 is 0 Å². The van der Waals surface area contributed by atoms with Crippen molar-refractivity contribution in [2.24, 2.45) is 4.99 Å². The van der Waals surface area contributed by atoms with Gasteiger partial charge in [0, 0.05) is 10.7 Å². The van der Waals surface area contributed by atoms with E-state index in [0.29, 0.717) is 0 Å². The van der Waals surface area contributed by atoms with Crippen molar-refractivity contribution in [3.63, 3.8) is 0 Å². The number of ether oxygens (including phenoxy) is 1. The van der Waals surface area contributed by atoms with E-state index in [1.54, 1.807) is 0 Å². The molecule has 0 amide bonds. The molecule has 2 aromatic carbocycles. The van der Waals surface area contributed by atoms with Gasteiger partial charge in [0.15, 0.2) is 0 Å². The molecule has 0 unspecified atom stereocenters. The van der Waals surface area contributed by atoms with Gasteiger partial charge in [0.2, 0.25) is 0 Å². The Labute approximate surface area is 141 Å². The lowest BCUT2D eigenvalue weighted by Crippen LogP contribution is -1.97. The lowest BCUT2D eigenvalue weighted by molar-refractivity contribution is 0.305. The number of halogens is 1. The second-order valence-electron chi connectivity index (χ2n) is 5.21. The van der Waals surface area contributed by atoms with Gasteiger partial charge in [-0.2, -0.15) is 0 Å². The summed E-state index contributed by atoms with van der Waals surface area (Å²) in [5.74, 6) is 0.928. The average molecular weight is 360 g/mol. The predicted molar refractivity (Wildman–Crippen MR) is 97.5 cm³/mol. The molecule has 2 aromatic rings. The third-order valence-corrected chi connectivity index (χ3v) is 3.86. The first-order valence-corrected chi connectivity index (χ1v) is 8.60. The van der Waals surface area contributed by atoms with Crippen molar-refractivity contribution in [2.45, 2.75) is 32.6 Å². The fraction of sp³-hybridized carbons (Fsp3) is 0.316. The van der Waals surface area contributed by atoms with Crippen LogP contribution in [-0.2, 0) is 0 Å². The van der Waals surface area contributed by atoms with Crippen molar-refractivity contribution in [1.82, 2.24) is 0 Å². The van der Waals surface area contributed by atoms with Gasteiger partial charge < -0.3 is 4.74 Å². The van der Waals surface area contributed by atoms with Crippen LogP contribution in [0.4, 0.5) is 5.69 Å². The Hall–Kier alpha value is -1.61. The Balaban J connectivity index is 1.82.